The molecule has 0 spiro atoms. The van der Waals surface area contributed by atoms with Crippen molar-refractivity contribution in [3.63, 3.8) is 0 Å². The van der Waals surface area contributed by atoms with E-state index in [1.807, 2.05) is 0 Å². The number of methoxy groups -OCH3 is 1. The monoisotopic (exact) mass is 264 g/mol. The second-order valence-corrected chi connectivity index (χ2v) is 4.01. The predicted octanol–water partition coefficient (Wildman–Crippen LogP) is 0.779. The third-order valence-electron chi connectivity index (χ3n) is 2.70. The second-order valence-electron chi connectivity index (χ2n) is 4.01. The predicted molar refractivity (Wildman–Crippen MR) is 67.7 cm³/mol. The Hall–Kier alpha value is -2.13. The number of aromatic nitrogens is 1. The summed E-state index contributed by atoms with van der Waals surface area (Å²) in [6, 6.07) is 4.09. The van der Waals surface area contributed by atoms with Gasteiger partial charge in [-0.15, -0.1) is 0 Å². The van der Waals surface area contributed by atoms with Crippen molar-refractivity contribution in [2.75, 3.05) is 20.3 Å². The Morgan fingerprint density at radius 1 is 1.47 bits per heavy atom. The summed E-state index contributed by atoms with van der Waals surface area (Å²) in [6.07, 6.45) is 0. The summed E-state index contributed by atoms with van der Waals surface area (Å²) in [5.41, 5.74) is 0.112. The third-order valence-corrected chi connectivity index (χ3v) is 2.70. The van der Waals surface area contributed by atoms with Gasteiger partial charge in [0.15, 0.2) is 0 Å². The van der Waals surface area contributed by atoms with Crippen molar-refractivity contribution < 1.29 is 14.3 Å². The minimum atomic E-state index is -0.780. The first-order valence-electron chi connectivity index (χ1n) is 5.80. The van der Waals surface area contributed by atoms with Crippen LogP contribution in [0.2, 0.25) is 0 Å². The fourth-order valence-corrected chi connectivity index (χ4v) is 1.66. The molecule has 0 aliphatic heterocycles. The zero-order valence-electron chi connectivity index (χ0n) is 11.2. The molecule has 1 atom stereocenters. The third kappa shape index (κ3) is 3.42. The number of aryl methyl sites for hydroxylation is 1. The van der Waals surface area contributed by atoms with Gasteiger partial charge in [-0.2, -0.15) is 5.26 Å². The Labute approximate surface area is 111 Å². The SMILES string of the molecule is COCCOC(=O)C(C)n1c(C)ccc(C#N)c1=O. The van der Waals surface area contributed by atoms with Crippen LogP contribution in [0.3, 0.4) is 0 Å². The van der Waals surface area contributed by atoms with Gasteiger partial charge in [-0.1, -0.05) is 0 Å². The number of carbonyl (C=O) groups is 1. The normalized spacial score (nSPS) is 11.7. The molecular weight excluding hydrogens is 248 g/mol. The molecule has 6 heteroatoms. The molecule has 6 nitrogen and oxygen atoms in total. The Balaban J connectivity index is 3.00. The summed E-state index contributed by atoms with van der Waals surface area (Å²) in [5, 5.41) is 8.83. The van der Waals surface area contributed by atoms with Crippen LogP contribution in [0.5, 0.6) is 0 Å². The number of nitrogens with zero attached hydrogens (tertiary/aromatic N) is 2. The number of hydrogen-bond donors (Lipinski definition) is 0. The first-order valence-corrected chi connectivity index (χ1v) is 5.80. The summed E-state index contributed by atoms with van der Waals surface area (Å²) in [6.45, 7) is 3.68. The summed E-state index contributed by atoms with van der Waals surface area (Å²) in [4.78, 5) is 23.8. The highest BCUT2D eigenvalue weighted by molar-refractivity contribution is 5.74. The van der Waals surface area contributed by atoms with E-state index in [4.69, 9.17) is 14.7 Å². The van der Waals surface area contributed by atoms with Crippen molar-refractivity contribution in [1.29, 1.82) is 5.26 Å². The van der Waals surface area contributed by atoms with Gasteiger partial charge in [-0.3, -0.25) is 9.36 Å². The molecule has 0 saturated carbocycles. The molecule has 0 aliphatic rings. The smallest absolute Gasteiger partial charge is 0.329 e. The van der Waals surface area contributed by atoms with Crippen LogP contribution in [-0.4, -0.2) is 30.9 Å². The standard InChI is InChI=1S/C13H16N2O4/c1-9-4-5-11(8-14)12(16)15(9)10(2)13(17)19-7-6-18-3/h4-5,10H,6-7H2,1-3H3. The molecule has 19 heavy (non-hydrogen) atoms. The van der Waals surface area contributed by atoms with E-state index in [9.17, 15) is 9.59 Å². The molecule has 1 aromatic rings. The van der Waals surface area contributed by atoms with Gasteiger partial charge in [0.2, 0.25) is 0 Å². The quantitative estimate of drug-likeness (QED) is 0.580. The van der Waals surface area contributed by atoms with Gasteiger partial charge in [0.05, 0.1) is 6.61 Å². The van der Waals surface area contributed by atoms with E-state index in [1.165, 1.54) is 17.7 Å². The molecule has 0 bridgehead atoms. The van der Waals surface area contributed by atoms with Crippen LogP contribution in [0.4, 0.5) is 0 Å². The Morgan fingerprint density at radius 2 is 2.16 bits per heavy atom. The molecule has 0 aliphatic carbocycles. The lowest BCUT2D eigenvalue weighted by molar-refractivity contribution is -0.148. The highest BCUT2D eigenvalue weighted by Crippen LogP contribution is 2.09. The molecule has 102 valence electrons. The average molecular weight is 264 g/mol. The van der Waals surface area contributed by atoms with Crippen molar-refractivity contribution in [2.45, 2.75) is 19.9 Å². The molecule has 0 amide bonds. The molecule has 1 aromatic heterocycles. The van der Waals surface area contributed by atoms with Crippen LogP contribution >= 0.6 is 0 Å². The zero-order valence-corrected chi connectivity index (χ0v) is 11.2. The van der Waals surface area contributed by atoms with Crippen LogP contribution in [0.25, 0.3) is 0 Å². The zero-order chi connectivity index (χ0) is 14.4. The van der Waals surface area contributed by atoms with Crippen molar-refractivity contribution in [1.82, 2.24) is 4.57 Å². The summed E-state index contributed by atoms with van der Waals surface area (Å²) >= 11 is 0. The van der Waals surface area contributed by atoms with Gasteiger partial charge in [0.25, 0.3) is 5.56 Å². The number of pyridine rings is 1. The van der Waals surface area contributed by atoms with E-state index in [0.29, 0.717) is 12.3 Å². The second kappa shape index (κ2) is 6.71. The number of esters is 1. The maximum atomic E-state index is 12.0. The van der Waals surface area contributed by atoms with Crippen molar-refractivity contribution in [3.8, 4) is 6.07 Å². The minimum absolute atomic E-state index is 0.00198. The average Bonchev–Trinajstić information content (AvgIpc) is 2.39. The maximum absolute atomic E-state index is 12.0. The number of rotatable bonds is 5. The largest absolute Gasteiger partial charge is 0.462 e. The van der Waals surface area contributed by atoms with Gasteiger partial charge >= 0.3 is 5.97 Å². The van der Waals surface area contributed by atoms with Crippen molar-refractivity contribution >= 4 is 5.97 Å². The van der Waals surface area contributed by atoms with E-state index in [-0.39, 0.29) is 12.2 Å². The van der Waals surface area contributed by atoms with Crippen LogP contribution in [0, 0.1) is 18.3 Å². The minimum Gasteiger partial charge on any atom is -0.462 e. The summed E-state index contributed by atoms with van der Waals surface area (Å²) in [5.74, 6) is -0.530. The number of nitriles is 1. The van der Waals surface area contributed by atoms with Crippen LogP contribution < -0.4 is 5.56 Å². The first kappa shape index (κ1) is 14.9. The van der Waals surface area contributed by atoms with Gasteiger partial charge in [-0.05, 0) is 26.0 Å². The van der Waals surface area contributed by atoms with Gasteiger partial charge in [0.1, 0.15) is 24.3 Å². The first-order chi connectivity index (χ1) is 9.02. The number of hydrogen-bond acceptors (Lipinski definition) is 5. The molecule has 1 rings (SSSR count). The Bertz CT molecular complexity index is 557. The van der Waals surface area contributed by atoms with Gasteiger partial charge in [0, 0.05) is 12.8 Å². The lowest BCUT2D eigenvalue weighted by Gasteiger charge is -2.17. The van der Waals surface area contributed by atoms with Crippen LogP contribution in [-0.2, 0) is 14.3 Å². The lowest BCUT2D eigenvalue weighted by Crippen LogP contribution is -2.32. The Morgan fingerprint density at radius 3 is 2.74 bits per heavy atom. The fourth-order valence-electron chi connectivity index (χ4n) is 1.66. The molecule has 1 heterocycles. The lowest BCUT2D eigenvalue weighted by atomic mass is 10.2. The van der Waals surface area contributed by atoms with Crippen LogP contribution in [0.1, 0.15) is 24.2 Å². The maximum Gasteiger partial charge on any atom is 0.329 e. The number of ether oxygens (including phenoxy) is 2. The molecule has 0 fully saturated rings. The summed E-state index contributed by atoms with van der Waals surface area (Å²) < 4.78 is 11.0. The Kier molecular flexibility index (Phi) is 5.27. The number of carbonyl (C=O) groups excluding carboxylic acids is 1. The van der Waals surface area contributed by atoms with Gasteiger partial charge in [-0.25, -0.2) is 4.79 Å². The van der Waals surface area contributed by atoms with Crippen molar-refractivity contribution in [3.05, 3.63) is 33.7 Å². The van der Waals surface area contributed by atoms with Crippen molar-refractivity contribution in [2.24, 2.45) is 0 Å². The van der Waals surface area contributed by atoms with Crippen LogP contribution in [0.15, 0.2) is 16.9 Å². The highest BCUT2D eigenvalue weighted by Gasteiger charge is 2.20. The highest BCUT2D eigenvalue weighted by atomic mass is 16.6. The van der Waals surface area contributed by atoms with Gasteiger partial charge < -0.3 is 9.47 Å². The van der Waals surface area contributed by atoms with E-state index in [2.05, 4.69) is 0 Å². The van der Waals surface area contributed by atoms with E-state index >= 15 is 0 Å². The molecular formula is C13H16N2O4. The molecule has 0 saturated heterocycles. The van der Waals surface area contributed by atoms with E-state index in [0.717, 1.165) is 0 Å². The van der Waals surface area contributed by atoms with E-state index < -0.39 is 17.6 Å². The fraction of sp³-hybridized carbons (Fsp3) is 0.462. The molecule has 0 aromatic carbocycles. The molecule has 1 unspecified atom stereocenters. The molecule has 0 N–H and O–H groups in total. The summed E-state index contributed by atoms with van der Waals surface area (Å²) in [7, 11) is 1.50. The topological polar surface area (TPSA) is 81.3 Å². The molecule has 0 radical (unpaired) electrons. The van der Waals surface area contributed by atoms with E-state index in [1.54, 1.807) is 26.0 Å².